The van der Waals surface area contributed by atoms with Gasteiger partial charge in [0.05, 0.1) is 43.3 Å². The van der Waals surface area contributed by atoms with E-state index in [0.717, 1.165) is 12.8 Å². The van der Waals surface area contributed by atoms with Crippen LogP contribution in [-0.2, 0) is 9.59 Å². The van der Waals surface area contributed by atoms with Gasteiger partial charge in [0.25, 0.3) is 0 Å². The summed E-state index contributed by atoms with van der Waals surface area (Å²) in [7, 11) is 0. The van der Waals surface area contributed by atoms with Crippen molar-refractivity contribution in [1.82, 2.24) is 25.2 Å². The van der Waals surface area contributed by atoms with Crippen molar-refractivity contribution in [3.8, 4) is 0 Å². The number of hydrogen-bond donors (Lipinski definition) is 2. The largest absolute Gasteiger partial charge is 0.389 e. The van der Waals surface area contributed by atoms with Crippen molar-refractivity contribution in [3.05, 3.63) is 29.7 Å². The quantitative estimate of drug-likeness (QED) is 0.391. The summed E-state index contributed by atoms with van der Waals surface area (Å²) in [6.07, 6.45) is -1.29. The highest BCUT2D eigenvalue weighted by molar-refractivity contribution is 5.82. The second-order valence-corrected chi connectivity index (χ2v) is 11.2. The molecule has 3 aliphatic carbocycles. The number of carbonyl (C=O) groups excluding carboxylic acids is 2. The molecule has 7 nitrogen and oxygen atoms in total. The summed E-state index contributed by atoms with van der Waals surface area (Å²) in [6.45, 7) is -0.589. The summed E-state index contributed by atoms with van der Waals surface area (Å²) in [4.78, 5) is 29.7. The molecule has 0 saturated heterocycles. The third-order valence-corrected chi connectivity index (χ3v) is 8.07. The molecule has 3 fully saturated rings. The van der Waals surface area contributed by atoms with E-state index < -0.39 is 55.5 Å². The lowest BCUT2D eigenvalue weighted by Crippen LogP contribution is -2.38. The summed E-state index contributed by atoms with van der Waals surface area (Å²) in [5, 5.41) is 10.0. The van der Waals surface area contributed by atoms with Gasteiger partial charge in [-0.15, -0.1) is 0 Å². The molecule has 2 aromatic rings. The Morgan fingerprint density at radius 3 is 2.38 bits per heavy atom. The Morgan fingerprint density at radius 1 is 1.08 bits per heavy atom. The van der Waals surface area contributed by atoms with Crippen LogP contribution in [0.3, 0.4) is 0 Å². The molecule has 0 bridgehead atoms. The number of alkyl halides is 6. The number of carbonyl (C=O) groups is 2. The van der Waals surface area contributed by atoms with Crippen LogP contribution < -0.4 is 10.6 Å². The summed E-state index contributed by atoms with van der Waals surface area (Å²) in [5.41, 5.74) is 1.44. The zero-order valence-corrected chi connectivity index (χ0v) is 21.2. The van der Waals surface area contributed by atoms with Crippen LogP contribution in [0, 0.1) is 23.7 Å². The third-order valence-electron chi connectivity index (χ3n) is 8.07. The molecule has 0 aromatic carbocycles. The predicted molar refractivity (Wildman–Crippen MR) is 127 cm³/mol. The molecule has 0 aliphatic heterocycles. The zero-order valence-electron chi connectivity index (χ0n) is 21.2. The van der Waals surface area contributed by atoms with Crippen LogP contribution in [0.1, 0.15) is 81.1 Å². The minimum Gasteiger partial charge on any atom is -0.349 e. The first kappa shape index (κ1) is 27.7. The van der Waals surface area contributed by atoms with Gasteiger partial charge in [0.15, 0.2) is 5.65 Å². The average molecular weight is 560 g/mol. The molecule has 3 saturated carbocycles. The molecule has 39 heavy (non-hydrogen) atoms. The maximum Gasteiger partial charge on any atom is 0.389 e. The van der Waals surface area contributed by atoms with Crippen LogP contribution in [0.4, 0.5) is 26.3 Å². The number of nitrogens with zero attached hydrogens (tertiary/aromatic N) is 3. The topological polar surface area (TPSA) is 88.4 Å². The van der Waals surface area contributed by atoms with Crippen molar-refractivity contribution in [2.75, 3.05) is 6.67 Å². The third kappa shape index (κ3) is 6.84. The van der Waals surface area contributed by atoms with E-state index in [4.69, 9.17) is 0 Å². The van der Waals surface area contributed by atoms with Crippen molar-refractivity contribution in [2.24, 2.45) is 23.7 Å². The van der Waals surface area contributed by atoms with Gasteiger partial charge >= 0.3 is 6.18 Å². The van der Waals surface area contributed by atoms with Gasteiger partial charge < -0.3 is 10.6 Å². The highest BCUT2D eigenvalue weighted by Gasteiger charge is 2.45. The fourth-order valence-corrected chi connectivity index (χ4v) is 5.46. The van der Waals surface area contributed by atoms with Crippen LogP contribution in [0.25, 0.3) is 5.65 Å². The summed E-state index contributed by atoms with van der Waals surface area (Å²) < 4.78 is 79.8. The number of imidazole rings is 1. The molecule has 0 spiro atoms. The van der Waals surface area contributed by atoms with E-state index in [1.54, 1.807) is 12.3 Å². The van der Waals surface area contributed by atoms with Crippen LogP contribution in [0.15, 0.2) is 18.5 Å². The van der Waals surface area contributed by atoms with E-state index in [9.17, 15) is 35.9 Å². The van der Waals surface area contributed by atoms with E-state index in [1.165, 1.54) is 10.7 Å². The van der Waals surface area contributed by atoms with Crippen LogP contribution in [-0.4, -0.2) is 45.2 Å². The Bertz CT molecular complexity index is 1200. The van der Waals surface area contributed by atoms with Crippen molar-refractivity contribution in [3.63, 3.8) is 0 Å². The smallest absolute Gasteiger partial charge is 0.349 e. The first-order valence-corrected chi connectivity index (χ1v) is 13.4. The van der Waals surface area contributed by atoms with Gasteiger partial charge in [-0.2, -0.15) is 18.3 Å². The van der Waals surface area contributed by atoms with Crippen molar-refractivity contribution in [2.45, 2.75) is 82.0 Å². The first-order chi connectivity index (χ1) is 18.4. The maximum atomic E-state index is 13.9. The monoisotopic (exact) mass is 559 g/mol. The van der Waals surface area contributed by atoms with Crippen molar-refractivity contribution < 1.29 is 35.9 Å². The highest BCUT2D eigenvalue weighted by Crippen LogP contribution is 2.44. The van der Waals surface area contributed by atoms with Crippen LogP contribution in [0.5, 0.6) is 0 Å². The molecule has 214 valence electrons. The molecule has 2 amide bonds. The number of hydrogen-bond acceptors (Lipinski definition) is 4. The van der Waals surface area contributed by atoms with Crippen molar-refractivity contribution in [1.29, 1.82) is 0 Å². The Labute approximate surface area is 221 Å². The second-order valence-electron chi connectivity index (χ2n) is 11.2. The lowest BCUT2D eigenvalue weighted by molar-refractivity contribution is -0.144. The van der Waals surface area contributed by atoms with Gasteiger partial charge in [0.1, 0.15) is 0 Å². The fourth-order valence-electron chi connectivity index (χ4n) is 5.46. The maximum absolute atomic E-state index is 13.9. The number of fused-ring (bicyclic) bond motifs is 1. The number of halogens is 6. The molecule has 0 radical (unpaired) electrons. The van der Waals surface area contributed by atoms with Crippen molar-refractivity contribution >= 4 is 17.5 Å². The summed E-state index contributed by atoms with van der Waals surface area (Å²) >= 11 is 0. The Hall–Kier alpha value is -2.86. The van der Waals surface area contributed by atoms with Gasteiger partial charge in [-0.1, -0.05) is 0 Å². The standard InChI is InChI=1S/C26H31F6N5O2/c27-11-16-9-18(16)24(39)36-23(15-3-6-25(28,29)7-4-15)19-13-37-20(34-19)10-17(12-33-37)22(14-1-2-14)35-21(38)5-8-26(30,31)32/h10,12-16,18,22-23H,1-9,11H2,(H,35,38)(H,36,39)/t16-,18+,22?,23+/m1/s1. The SMILES string of the molecule is O=C(CCC(F)(F)F)NC(c1cnn2cc([C@@H](NC(=O)[C@H]3C[C@@H]3CF)C3CCC(F)(F)CC3)nc2c1)C1CC1. The van der Waals surface area contributed by atoms with Crippen LogP contribution in [0.2, 0.25) is 0 Å². The van der Waals surface area contributed by atoms with E-state index in [2.05, 4.69) is 20.7 Å². The van der Waals surface area contributed by atoms with Gasteiger partial charge in [-0.3, -0.25) is 14.0 Å². The lowest BCUT2D eigenvalue weighted by Gasteiger charge is -2.33. The molecule has 3 aliphatic rings. The molecule has 2 heterocycles. The predicted octanol–water partition coefficient (Wildman–Crippen LogP) is 5.23. The van der Waals surface area contributed by atoms with Gasteiger partial charge in [-0.05, 0) is 61.5 Å². The van der Waals surface area contributed by atoms with Gasteiger partial charge in [0.2, 0.25) is 17.7 Å². The minimum absolute atomic E-state index is 0.0801. The Morgan fingerprint density at radius 2 is 1.77 bits per heavy atom. The van der Waals surface area contributed by atoms with E-state index in [1.807, 2.05) is 0 Å². The Balaban J connectivity index is 1.36. The molecule has 4 atom stereocenters. The van der Waals surface area contributed by atoms with Crippen LogP contribution >= 0.6 is 0 Å². The van der Waals surface area contributed by atoms with Gasteiger partial charge in [0, 0.05) is 25.2 Å². The fraction of sp³-hybridized carbons (Fsp3) is 0.692. The number of aromatic nitrogens is 3. The molecule has 2 aromatic heterocycles. The minimum atomic E-state index is -4.42. The number of rotatable bonds is 10. The summed E-state index contributed by atoms with van der Waals surface area (Å²) in [5.74, 6) is -4.73. The summed E-state index contributed by atoms with van der Waals surface area (Å²) in [6, 6.07) is 0.533. The first-order valence-electron chi connectivity index (χ1n) is 13.4. The number of nitrogens with one attached hydrogen (secondary N) is 2. The average Bonchev–Trinajstić information content (AvgIpc) is 3.80. The van der Waals surface area contributed by atoms with E-state index >= 15 is 0 Å². The molecule has 5 rings (SSSR count). The highest BCUT2D eigenvalue weighted by atomic mass is 19.4. The zero-order chi connectivity index (χ0) is 27.9. The van der Waals surface area contributed by atoms with E-state index in [0.29, 0.717) is 23.3 Å². The Kier molecular flexibility index (Phi) is 7.53. The molecular weight excluding hydrogens is 528 g/mol. The van der Waals surface area contributed by atoms with E-state index in [-0.39, 0.29) is 49.3 Å². The molecule has 1 unspecified atom stereocenters. The molecule has 13 heteroatoms. The molecule has 2 N–H and O–H groups in total. The number of amides is 2. The second kappa shape index (κ2) is 10.6. The lowest BCUT2D eigenvalue weighted by atomic mass is 9.81. The molecular formula is C26H31F6N5O2. The van der Waals surface area contributed by atoms with Gasteiger partial charge in [-0.25, -0.2) is 18.3 Å². The normalized spacial score (nSPS) is 24.8.